The first kappa shape index (κ1) is 21.6. The van der Waals surface area contributed by atoms with Crippen LogP contribution in [-0.2, 0) is 9.53 Å². The van der Waals surface area contributed by atoms with Crippen LogP contribution in [0.2, 0.25) is 0 Å². The summed E-state index contributed by atoms with van der Waals surface area (Å²) in [7, 11) is 1.28. The predicted molar refractivity (Wildman–Crippen MR) is 93.1 cm³/mol. The number of carbonyl (C=O) groups is 1. The number of hydrogen-bond acceptors (Lipinski definition) is 4. The van der Waals surface area contributed by atoms with Crippen molar-refractivity contribution in [3.8, 4) is 0 Å². The van der Waals surface area contributed by atoms with Crippen molar-refractivity contribution in [1.29, 1.82) is 0 Å². The second-order valence-corrected chi connectivity index (χ2v) is 6.45. The molecule has 0 aromatic heterocycles. The van der Waals surface area contributed by atoms with Crippen LogP contribution < -0.4 is 0 Å². The fraction of sp³-hybridized carbons (Fsp3) is 0.833. The molecule has 0 radical (unpaired) electrons. The minimum absolute atomic E-state index is 0.441. The second-order valence-electron chi connectivity index (χ2n) is 6.45. The SMILES string of the molecule is COC(=O)[C@H](C)N=[N+]([O-])/C=C\CCCCCCCCCC(C)C. The third-order valence-electron chi connectivity index (χ3n) is 3.71. The summed E-state index contributed by atoms with van der Waals surface area (Å²) < 4.78 is 4.51. The number of methoxy groups -OCH3 is 1. The highest BCUT2D eigenvalue weighted by atomic mass is 16.5. The minimum Gasteiger partial charge on any atom is -0.595 e. The maximum absolute atomic E-state index is 11.4. The van der Waals surface area contributed by atoms with Crippen molar-refractivity contribution >= 4 is 5.97 Å². The topological polar surface area (TPSA) is 64.7 Å². The van der Waals surface area contributed by atoms with Crippen molar-refractivity contribution in [2.45, 2.75) is 84.6 Å². The van der Waals surface area contributed by atoms with Crippen molar-refractivity contribution in [3.63, 3.8) is 0 Å². The molecule has 0 saturated heterocycles. The first-order chi connectivity index (χ1) is 11.0. The Morgan fingerprint density at radius 3 is 2.22 bits per heavy atom. The molecule has 0 aromatic carbocycles. The van der Waals surface area contributed by atoms with Crippen molar-refractivity contribution in [2.24, 2.45) is 11.0 Å². The van der Waals surface area contributed by atoms with Gasteiger partial charge in [-0.3, -0.25) is 0 Å². The van der Waals surface area contributed by atoms with E-state index in [1.54, 1.807) is 0 Å². The summed E-state index contributed by atoms with van der Waals surface area (Å²) in [6.45, 7) is 6.09. The van der Waals surface area contributed by atoms with E-state index < -0.39 is 12.0 Å². The number of hydrogen-bond donors (Lipinski definition) is 0. The summed E-state index contributed by atoms with van der Waals surface area (Å²) in [5, 5.41) is 15.1. The van der Waals surface area contributed by atoms with Gasteiger partial charge in [0.15, 0.2) is 0 Å². The van der Waals surface area contributed by atoms with Crippen molar-refractivity contribution < 1.29 is 14.4 Å². The molecule has 0 fully saturated rings. The largest absolute Gasteiger partial charge is 0.595 e. The summed E-state index contributed by atoms with van der Waals surface area (Å²) in [4.78, 5) is 11.6. The Morgan fingerprint density at radius 1 is 1.09 bits per heavy atom. The van der Waals surface area contributed by atoms with Crippen LogP contribution in [-0.4, -0.2) is 24.0 Å². The van der Waals surface area contributed by atoms with Gasteiger partial charge in [-0.05, 0) is 36.9 Å². The molecule has 0 aliphatic heterocycles. The Kier molecular flexibility index (Phi) is 13.4. The summed E-state index contributed by atoms with van der Waals surface area (Å²) >= 11 is 0. The summed E-state index contributed by atoms with van der Waals surface area (Å²) in [6, 6.07) is -0.766. The second kappa shape index (κ2) is 14.2. The molecule has 0 aliphatic rings. The van der Waals surface area contributed by atoms with Crippen molar-refractivity contribution in [3.05, 3.63) is 17.5 Å². The molecular formula is C18H34N2O3. The zero-order valence-electron chi connectivity index (χ0n) is 15.3. The molecule has 0 aromatic rings. The first-order valence-corrected chi connectivity index (χ1v) is 8.89. The Bertz CT molecular complexity index is 365. The fourth-order valence-corrected chi connectivity index (χ4v) is 2.29. The van der Waals surface area contributed by atoms with E-state index in [4.69, 9.17) is 0 Å². The maximum Gasteiger partial charge on any atom is 0.336 e. The number of hydroxylamine groups is 1. The highest BCUT2D eigenvalue weighted by molar-refractivity contribution is 5.74. The van der Waals surface area contributed by atoms with Gasteiger partial charge in [-0.1, -0.05) is 63.7 Å². The van der Waals surface area contributed by atoms with Crippen LogP contribution in [0.5, 0.6) is 0 Å². The Morgan fingerprint density at radius 2 is 1.65 bits per heavy atom. The summed E-state index contributed by atoms with van der Waals surface area (Å²) in [5.41, 5.74) is 0. The van der Waals surface area contributed by atoms with Gasteiger partial charge in [0.05, 0.1) is 7.11 Å². The molecule has 0 amide bonds. The van der Waals surface area contributed by atoms with Crippen molar-refractivity contribution in [1.82, 2.24) is 0 Å². The van der Waals surface area contributed by atoms with Gasteiger partial charge >= 0.3 is 5.97 Å². The van der Waals surface area contributed by atoms with Crippen LogP contribution in [0.3, 0.4) is 0 Å². The highest BCUT2D eigenvalue weighted by Gasteiger charge is 2.14. The zero-order valence-corrected chi connectivity index (χ0v) is 15.3. The molecule has 5 heteroatoms. The van der Waals surface area contributed by atoms with Gasteiger partial charge in [-0.25, -0.2) is 4.79 Å². The molecule has 0 unspecified atom stereocenters. The molecule has 0 bridgehead atoms. The normalized spacial score (nSPS) is 13.7. The molecule has 5 nitrogen and oxygen atoms in total. The van der Waals surface area contributed by atoms with Crippen LogP contribution in [0.25, 0.3) is 0 Å². The number of carbonyl (C=O) groups excluding carboxylic acids is 1. The molecule has 0 N–H and O–H groups in total. The van der Waals surface area contributed by atoms with E-state index in [-0.39, 0.29) is 0 Å². The molecule has 134 valence electrons. The van der Waals surface area contributed by atoms with Crippen LogP contribution in [0, 0.1) is 11.1 Å². The van der Waals surface area contributed by atoms with E-state index in [2.05, 4.69) is 23.7 Å². The van der Waals surface area contributed by atoms with Gasteiger partial charge in [0.25, 0.3) is 0 Å². The average Bonchev–Trinajstić information content (AvgIpc) is 2.51. The van der Waals surface area contributed by atoms with Crippen LogP contribution in [0.1, 0.15) is 78.6 Å². The molecule has 1 atom stereocenters. The monoisotopic (exact) mass is 326 g/mol. The number of esters is 1. The van der Waals surface area contributed by atoms with E-state index in [9.17, 15) is 10.0 Å². The van der Waals surface area contributed by atoms with Gasteiger partial charge in [0.2, 0.25) is 12.2 Å². The lowest BCUT2D eigenvalue weighted by molar-refractivity contribution is -0.461. The standard InChI is InChI=1S/C18H34N2O3/c1-16(2)14-12-10-8-6-5-7-9-11-13-15-20(22)19-17(3)18(21)23-4/h13,15-17H,5-12,14H2,1-4H3/b15-13-,20-19?/t17-/m0/s1. The molecule has 23 heavy (non-hydrogen) atoms. The Balaban J connectivity index is 3.57. The average molecular weight is 326 g/mol. The quantitative estimate of drug-likeness (QED) is 0.154. The third kappa shape index (κ3) is 14.0. The van der Waals surface area contributed by atoms with Crippen molar-refractivity contribution in [2.75, 3.05) is 7.11 Å². The zero-order chi connectivity index (χ0) is 17.5. The number of nitrogens with zero attached hydrogens (tertiary/aromatic N) is 2. The van der Waals surface area contributed by atoms with Gasteiger partial charge in [0, 0.05) is 0 Å². The van der Waals surface area contributed by atoms with E-state index in [0.717, 1.165) is 18.8 Å². The fourth-order valence-electron chi connectivity index (χ4n) is 2.29. The Hall–Kier alpha value is -1.39. The van der Waals surface area contributed by atoms with Crippen LogP contribution >= 0.6 is 0 Å². The van der Waals surface area contributed by atoms with Gasteiger partial charge < -0.3 is 9.94 Å². The van der Waals surface area contributed by atoms with E-state index in [1.807, 2.05) is 6.08 Å². The van der Waals surface area contributed by atoms with Crippen LogP contribution in [0.15, 0.2) is 17.4 Å². The maximum atomic E-state index is 11.4. The minimum atomic E-state index is -0.766. The lowest BCUT2D eigenvalue weighted by Crippen LogP contribution is -2.17. The molecule has 0 heterocycles. The van der Waals surface area contributed by atoms with Gasteiger partial charge in [-0.2, -0.15) is 0 Å². The van der Waals surface area contributed by atoms with E-state index >= 15 is 0 Å². The number of azo groups is 1. The van der Waals surface area contributed by atoms with E-state index in [0.29, 0.717) is 4.86 Å². The smallest absolute Gasteiger partial charge is 0.336 e. The lowest BCUT2D eigenvalue weighted by Gasteiger charge is -2.04. The molecule has 0 rings (SSSR count). The van der Waals surface area contributed by atoms with Crippen LogP contribution in [0.4, 0.5) is 0 Å². The number of allylic oxidation sites excluding steroid dienone is 1. The molecule has 0 saturated carbocycles. The van der Waals surface area contributed by atoms with Gasteiger partial charge in [-0.15, -0.1) is 0 Å². The molecule has 0 aliphatic carbocycles. The first-order valence-electron chi connectivity index (χ1n) is 8.89. The van der Waals surface area contributed by atoms with Gasteiger partial charge in [0.1, 0.15) is 0 Å². The predicted octanol–water partition coefficient (Wildman–Crippen LogP) is 5.19. The highest BCUT2D eigenvalue weighted by Crippen LogP contribution is 2.12. The molecular weight excluding hydrogens is 292 g/mol. The Labute approximate surface area is 141 Å². The third-order valence-corrected chi connectivity index (χ3v) is 3.71. The van der Waals surface area contributed by atoms with E-state index in [1.165, 1.54) is 65.2 Å². The molecule has 0 spiro atoms. The summed E-state index contributed by atoms with van der Waals surface area (Å²) in [5.74, 6) is 0.317. The number of unbranched alkanes of at least 4 members (excludes halogenated alkanes) is 7. The lowest BCUT2D eigenvalue weighted by atomic mass is 10.0. The summed E-state index contributed by atoms with van der Waals surface area (Å²) in [6.07, 6.45) is 14.3. The number of ether oxygens (including phenoxy) is 1. The number of rotatable bonds is 13.